The lowest BCUT2D eigenvalue weighted by Gasteiger charge is -2.15. The van der Waals surface area contributed by atoms with Crippen molar-refractivity contribution in [3.63, 3.8) is 0 Å². The molecule has 1 atom stereocenters. The predicted octanol–water partition coefficient (Wildman–Crippen LogP) is 1.26. The molecular formula is C13H18N2O3. The third-order valence-corrected chi connectivity index (χ3v) is 2.33. The van der Waals surface area contributed by atoms with Crippen molar-refractivity contribution in [1.82, 2.24) is 0 Å². The number of anilines is 2. The van der Waals surface area contributed by atoms with Crippen LogP contribution >= 0.6 is 0 Å². The van der Waals surface area contributed by atoms with Crippen molar-refractivity contribution < 1.29 is 14.6 Å². The Kier molecular flexibility index (Phi) is 4.74. The van der Waals surface area contributed by atoms with Gasteiger partial charge in [-0.1, -0.05) is 6.08 Å². The van der Waals surface area contributed by atoms with E-state index in [9.17, 15) is 9.90 Å². The average Bonchev–Trinajstić information content (AvgIpc) is 2.28. The number of ether oxygens (including phenoxy) is 1. The molecule has 0 aliphatic heterocycles. The number of benzene rings is 1. The molecule has 0 aromatic heterocycles. The molecule has 5 heteroatoms. The van der Waals surface area contributed by atoms with E-state index >= 15 is 0 Å². The van der Waals surface area contributed by atoms with E-state index in [1.807, 2.05) is 0 Å². The normalized spacial score (nSPS) is 12.6. The molecule has 1 aromatic carbocycles. The molecule has 0 bridgehead atoms. The van der Waals surface area contributed by atoms with Crippen LogP contribution in [-0.2, 0) is 11.2 Å². The third kappa shape index (κ3) is 3.49. The van der Waals surface area contributed by atoms with E-state index in [0.717, 1.165) is 0 Å². The van der Waals surface area contributed by atoms with Crippen LogP contribution in [0.1, 0.15) is 19.4 Å². The zero-order chi connectivity index (χ0) is 13.7. The lowest BCUT2D eigenvalue weighted by atomic mass is 10.0. The number of carbonyl (C=O) groups excluding carboxylic acids is 1. The summed E-state index contributed by atoms with van der Waals surface area (Å²) in [6.07, 6.45) is 2.52. The Hall–Kier alpha value is -2.01. The molecule has 98 valence electrons. The zero-order valence-electron chi connectivity index (χ0n) is 10.5. The topological polar surface area (TPSA) is 98.6 Å². The Balaban J connectivity index is 3.14. The first-order valence-corrected chi connectivity index (χ1v) is 5.65. The number of allylic oxidation sites excluding steroid dienone is 1. The summed E-state index contributed by atoms with van der Waals surface area (Å²) in [6, 6.07) is 3.19. The van der Waals surface area contributed by atoms with Gasteiger partial charge in [0, 0.05) is 23.7 Å². The van der Waals surface area contributed by atoms with Gasteiger partial charge < -0.3 is 21.3 Å². The Labute approximate surface area is 106 Å². The molecule has 0 amide bonds. The molecule has 0 spiro atoms. The second-order valence-corrected chi connectivity index (χ2v) is 4.03. The van der Waals surface area contributed by atoms with Crippen LogP contribution in [0.15, 0.2) is 24.3 Å². The fraction of sp³-hybridized carbons (Fsp3) is 0.308. The Bertz CT molecular complexity index is 468. The third-order valence-electron chi connectivity index (χ3n) is 2.33. The van der Waals surface area contributed by atoms with Gasteiger partial charge in [-0.15, -0.1) is 0 Å². The first kappa shape index (κ1) is 14.1. The second-order valence-electron chi connectivity index (χ2n) is 4.03. The van der Waals surface area contributed by atoms with Crippen molar-refractivity contribution in [2.75, 3.05) is 11.5 Å². The lowest BCUT2D eigenvalue weighted by Crippen LogP contribution is -2.13. The highest BCUT2D eigenvalue weighted by atomic mass is 16.5. The van der Waals surface area contributed by atoms with Gasteiger partial charge in [-0.25, -0.2) is 4.79 Å². The second kappa shape index (κ2) is 6.07. The van der Waals surface area contributed by atoms with Gasteiger partial charge in [0.2, 0.25) is 0 Å². The molecule has 0 saturated heterocycles. The molecule has 18 heavy (non-hydrogen) atoms. The van der Waals surface area contributed by atoms with Gasteiger partial charge in [0.05, 0.1) is 11.8 Å². The summed E-state index contributed by atoms with van der Waals surface area (Å²) < 4.78 is 5.16. The standard InChI is InChI=1S/C13H18N2O3/c1-3-4-12(17)18-13-9(7-8(2)16)10(14)5-6-11(13)15/h3-6,8,16H,7,14-15H2,1-2H3. The minimum Gasteiger partial charge on any atom is -0.421 e. The highest BCUT2D eigenvalue weighted by molar-refractivity contribution is 5.86. The SMILES string of the molecule is CC=CC(=O)Oc1c(N)ccc(N)c1CC(C)O. The first-order valence-electron chi connectivity index (χ1n) is 5.65. The number of hydrogen-bond acceptors (Lipinski definition) is 5. The van der Waals surface area contributed by atoms with E-state index in [-0.39, 0.29) is 12.2 Å². The largest absolute Gasteiger partial charge is 0.421 e. The fourth-order valence-electron chi connectivity index (χ4n) is 1.56. The number of carbonyl (C=O) groups is 1. The summed E-state index contributed by atoms with van der Waals surface area (Å²) in [5.74, 6) is -0.305. The van der Waals surface area contributed by atoms with Crippen LogP contribution in [0.25, 0.3) is 0 Å². The van der Waals surface area contributed by atoms with Crippen molar-refractivity contribution in [3.8, 4) is 5.75 Å². The van der Waals surface area contributed by atoms with E-state index in [0.29, 0.717) is 16.9 Å². The number of aliphatic hydroxyl groups is 1. The highest BCUT2D eigenvalue weighted by Gasteiger charge is 2.15. The number of nitrogens with two attached hydrogens (primary N) is 2. The van der Waals surface area contributed by atoms with Gasteiger partial charge in [0.25, 0.3) is 0 Å². The van der Waals surface area contributed by atoms with Crippen LogP contribution in [0.5, 0.6) is 5.75 Å². The Morgan fingerprint density at radius 2 is 2.06 bits per heavy atom. The molecule has 0 saturated carbocycles. The molecule has 5 N–H and O–H groups in total. The van der Waals surface area contributed by atoms with Crippen LogP contribution in [0.3, 0.4) is 0 Å². The van der Waals surface area contributed by atoms with Crippen molar-refractivity contribution in [3.05, 3.63) is 29.8 Å². The number of nitrogen functional groups attached to an aromatic ring is 2. The minimum absolute atomic E-state index is 0.221. The molecule has 0 aliphatic carbocycles. The molecule has 5 nitrogen and oxygen atoms in total. The summed E-state index contributed by atoms with van der Waals surface area (Å²) >= 11 is 0. The van der Waals surface area contributed by atoms with E-state index in [1.165, 1.54) is 6.08 Å². The molecule has 0 heterocycles. The van der Waals surface area contributed by atoms with E-state index in [4.69, 9.17) is 16.2 Å². The summed E-state index contributed by atoms with van der Waals surface area (Å²) in [6.45, 7) is 3.33. The summed E-state index contributed by atoms with van der Waals surface area (Å²) in [7, 11) is 0. The van der Waals surface area contributed by atoms with Crippen LogP contribution in [0.4, 0.5) is 11.4 Å². The van der Waals surface area contributed by atoms with Crippen LogP contribution in [-0.4, -0.2) is 17.2 Å². The average molecular weight is 250 g/mol. The fourth-order valence-corrected chi connectivity index (χ4v) is 1.56. The highest BCUT2D eigenvalue weighted by Crippen LogP contribution is 2.32. The maximum absolute atomic E-state index is 11.4. The van der Waals surface area contributed by atoms with Gasteiger partial charge in [0.15, 0.2) is 5.75 Å². The van der Waals surface area contributed by atoms with Gasteiger partial charge in [-0.05, 0) is 26.0 Å². The van der Waals surface area contributed by atoms with Crippen LogP contribution < -0.4 is 16.2 Å². The summed E-state index contributed by atoms with van der Waals surface area (Å²) in [5.41, 5.74) is 12.9. The monoisotopic (exact) mass is 250 g/mol. The first-order chi connectivity index (χ1) is 8.45. The number of aliphatic hydroxyl groups excluding tert-OH is 1. The van der Waals surface area contributed by atoms with Gasteiger partial charge in [-0.2, -0.15) is 0 Å². The molecule has 0 radical (unpaired) electrons. The van der Waals surface area contributed by atoms with Crippen LogP contribution in [0, 0.1) is 0 Å². The lowest BCUT2D eigenvalue weighted by molar-refractivity contribution is -0.129. The van der Waals surface area contributed by atoms with E-state index in [1.54, 1.807) is 32.1 Å². The van der Waals surface area contributed by atoms with E-state index in [2.05, 4.69) is 0 Å². The minimum atomic E-state index is -0.603. The number of rotatable bonds is 4. The van der Waals surface area contributed by atoms with Gasteiger partial charge in [0.1, 0.15) is 0 Å². The summed E-state index contributed by atoms with van der Waals surface area (Å²) in [5, 5.41) is 9.43. The maximum Gasteiger partial charge on any atom is 0.335 e. The maximum atomic E-state index is 11.4. The van der Waals surface area contributed by atoms with Crippen molar-refractivity contribution in [1.29, 1.82) is 0 Å². The molecule has 1 aromatic rings. The summed E-state index contributed by atoms with van der Waals surface area (Å²) in [4.78, 5) is 11.4. The Morgan fingerprint density at radius 1 is 1.44 bits per heavy atom. The quantitative estimate of drug-likeness (QED) is 0.323. The number of esters is 1. The molecule has 0 aliphatic rings. The van der Waals surface area contributed by atoms with E-state index < -0.39 is 12.1 Å². The number of hydrogen-bond donors (Lipinski definition) is 3. The predicted molar refractivity (Wildman–Crippen MR) is 71.1 cm³/mol. The molecular weight excluding hydrogens is 232 g/mol. The smallest absolute Gasteiger partial charge is 0.335 e. The Morgan fingerprint density at radius 3 is 2.61 bits per heavy atom. The zero-order valence-corrected chi connectivity index (χ0v) is 10.5. The van der Waals surface area contributed by atoms with Crippen LogP contribution in [0.2, 0.25) is 0 Å². The van der Waals surface area contributed by atoms with Gasteiger partial charge in [-0.3, -0.25) is 0 Å². The van der Waals surface area contributed by atoms with Crippen molar-refractivity contribution in [2.45, 2.75) is 26.4 Å². The van der Waals surface area contributed by atoms with Crippen molar-refractivity contribution in [2.24, 2.45) is 0 Å². The molecule has 0 fully saturated rings. The molecule has 1 rings (SSSR count). The van der Waals surface area contributed by atoms with Crippen molar-refractivity contribution >= 4 is 17.3 Å². The molecule has 1 unspecified atom stereocenters. The van der Waals surface area contributed by atoms with Gasteiger partial charge >= 0.3 is 5.97 Å².